The van der Waals surface area contributed by atoms with Crippen LogP contribution in [0.25, 0.3) is 0 Å². The minimum atomic E-state index is -0.0301. The van der Waals surface area contributed by atoms with Gasteiger partial charge in [0.05, 0.1) is 18.8 Å². The average Bonchev–Trinajstić information content (AvgIpc) is 2.59. The summed E-state index contributed by atoms with van der Waals surface area (Å²) < 4.78 is 11.5. The van der Waals surface area contributed by atoms with Crippen molar-refractivity contribution in [1.29, 1.82) is 0 Å². The molecule has 0 spiro atoms. The molecule has 1 amide bonds. The van der Waals surface area contributed by atoms with Gasteiger partial charge in [-0.15, -0.1) is 0 Å². The smallest absolute Gasteiger partial charge is 0.258 e. The van der Waals surface area contributed by atoms with Gasteiger partial charge < -0.3 is 14.4 Å². The van der Waals surface area contributed by atoms with Crippen molar-refractivity contribution in [1.82, 2.24) is 0 Å². The molecule has 3 rings (SSSR count). The van der Waals surface area contributed by atoms with Gasteiger partial charge in [0.25, 0.3) is 5.91 Å². The van der Waals surface area contributed by atoms with Crippen LogP contribution in [0.4, 0.5) is 5.69 Å². The van der Waals surface area contributed by atoms with E-state index in [4.69, 9.17) is 9.47 Å². The predicted octanol–water partition coefficient (Wildman–Crippen LogP) is 4.15. The summed E-state index contributed by atoms with van der Waals surface area (Å²) in [6.45, 7) is 7.39. The molecule has 0 aliphatic carbocycles. The molecular weight excluding hydrogens is 302 g/mol. The summed E-state index contributed by atoms with van der Waals surface area (Å²) in [6, 6.07) is 15.0. The molecule has 0 fully saturated rings. The number of ether oxygens (including phenoxy) is 2. The number of hydrogen-bond acceptors (Lipinski definition) is 3. The predicted molar refractivity (Wildman–Crippen MR) is 95.0 cm³/mol. The second-order valence-corrected chi connectivity index (χ2v) is 6.54. The molecule has 1 aliphatic heterocycles. The van der Waals surface area contributed by atoms with E-state index < -0.39 is 0 Å². The molecule has 0 saturated heterocycles. The molecule has 0 aromatic heterocycles. The van der Waals surface area contributed by atoms with Crippen LogP contribution in [0.3, 0.4) is 0 Å². The maximum absolute atomic E-state index is 12.9. The second kappa shape index (κ2) is 6.95. The maximum Gasteiger partial charge on any atom is 0.258 e. The van der Waals surface area contributed by atoms with E-state index in [0.717, 1.165) is 17.2 Å². The number of fused-ring (bicyclic) bond motifs is 1. The summed E-state index contributed by atoms with van der Waals surface area (Å²) in [5, 5.41) is 0. The number of nitrogens with zero attached hydrogens (tertiary/aromatic N) is 1. The molecule has 1 unspecified atom stereocenters. The Labute approximate surface area is 143 Å². The molecular formula is C20H23NO3. The van der Waals surface area contributed by atoms with E-state index >= 15 is 0 Å². The molecule has 24 heavy (non-hydrogen) atoms. The summed E-state index contributed by atoms with van der Waals surface area (Å²) in [7, 11) is 0. The van der Waals surface area contributed by atoms with Crippen LogP contribution in [0.15, 0.2) is 48.5 Å². The van der Waals surface area contributed by atoms with Crippen molar-refractivity contribution < 1.29 is 14.3 Å². The van der Waals surface area contributed by atoms with Gasteiger partial charge in [-0.1, -0.05) is 26.0 Å². The Morgan fingerprint density at radius 2 is 1.92 bits per heavy atom. The Morgan fingerprint density at radius 3 is 2.62 bits per heavy atom. The lowest BCUT2D eigenvalue weighted by Crippen LogP contribution is -2.42. The summed E-state index contributed by atoms with van der Waals surface area (Å²) in [6.07, 6.45) is -0.0301. The number of benzene rings is 2. The number of anilines is 1. The highest BCUT2D eigenvalue weighted by Crippen LogP contribution is 2.34. The fourth-order valence-electron chi connectivity index (χ4n) is 2.69. The lowest BCUT2D eigenvalue weighted by Gasteiger charge is -2.33. The third kappa shape index (κ3) is 3.53. The van der Waals surface area contributed by atoms with Crippen LogP contribution in [0.2, 0.25) is 0 Å². The standard InChI is InChI=1S/C20H23NO3/c1-14(2)13-23-17-10-8-16(9-11-17)20(22)21-12-15(3)24-19-7-5-4-6-18(19)21/h4-11,14-15H,12-13H2,1-3H3. The molecule has 2 aromatic rings. The van der Waals surface area contributed by atoms with Gasteiger partial charge in [0, 0.05) is 5.56 Å². The molecule has 0 bridgehead atoms. The highest BCUT2D eigenvalue weighted by molar-refractivity contribution is 6.07. The van der Waals surface area contributed by atoms with Crippen LogP contribution < -0.4 is 14.4 Å². The Kier molecular flexibility index (Phi) is 4.74. The molecule has 1 aliphatic rings. The average molecular weight is 325 g/mol. The fraction of sp³-hybridized carbons (Fsp3) is 0.350. The fourth-order valence-corrected chi connectivity index (χ4v) is 2.69. The molecule has 4 nitrogen and oxygen atoms in total. The van der Waals surface area contributed by atoms with E-state index in [9.17, 15) is 4.79 Å². The third-order valence-electron chi connectivity index (χ3n) is 3.85. The Morgan fingerprint density at radius 1 is 1.21 bits per heavy atom. The molecule has 126 valence electrons. The first-order valence-corrected chi connectivity index (χ1v) is 8.35. The zero-order chi connectivity index (χ0) is 17.1. The van der Waals surface area contributed by atoms with Crippen LogP contribution >= 0.6 is 0 Å². The van der Waals surface area contributed by atoms with Gasteiger partial charge in [-0.05, 0) is 49.2 Å². The van der Waals surface area contributed by atoms with E-state index in [1.807, 2.05) is 55.5 Å². The molecule has 1 atom stereocenters. The SMILES string of the molecule is CC(C)COc1ccc(C(=O)N2CC(C)Oc3ccccc32)cc1. The van der Waals surface area contributed by atoms with Crippen LogP contribution in [-0.4, -0.2) is 25.2 Å². The normalized spacial score (nSPS) is 16.5. The van der Waals surface area contributed by atoms with Crippen LogP contribution in [0.5, 0.6) is 11.5 Å². The molecule has 1 heterocycles. The highest BCUT2D eigenvalue weighted by atomic mass is 16.5. The number of hydrogen-bond donors (Lipinski definition) is 0. The van der Waals surface area contributed by atoms with Gasteiger partial charge in [0.15, 0.2) is 0 Å². The second-order valence-electron chi connectivity index (χ2n) is 6.54. The zero-order valence-electron chi connectivity index (χ0n) is 14.4. The maximum atomic E-state index is 12.9. The van der Waals surface area contributed by atoms with Gasteiger partial charge >= 0.3 is 0 Å². The first-order chi connectivity index (χ1) is 11.5. The number of amides is 1. The van der Waals surface area contributed by atoms with E-state index in [-0.39, 0.29) is 12.0 Å². The summed E-state index contributed by atoms with van der Waals surface area (Å²) in [5.74, 6) is 1.99. The lowest BCUT2D eigenvalue weighted by molar-refractivity contribution is 0.0961. The topological polar surface area (TPSA) is 38.8 Å². The minimum absolute atomic E-state index is 0.0204. The molecule has 2 aromatic carbocycles. The van der Waals surface area contributed by atoms with Crippen LogP contribution in [0, 0.1) is 5.92 Å². The van der Waals surface area contributed by atoms with Crippen molar-refractivity contribution in [2.75, 3.05) is 18.1 Å². The zero-order valence-corrected chi connectivity index (χ0v) is 14.4. The van der Waals surface area contributed by atoms with Gasteiger partial charge in [0.2, 0.25) is 0 Å². The number of rotatable bonds is 4. The van der Waals surface area contributed by atoms with Gasteiger partial charge in [-0.25, -0.2) is 0 Å². The number of para-hydroxylation sites is 2. The Balaban J connectivity index is 1.79. The number of carbonyl (C=O) groups is 1. The minimum Gasteiger partial charge on any atom is -0.493 e. The summed E-state index contributed by atoms with van der Waals surface area (Å²) in [5.41, 5.74) is 1.47. The largest absolute Gasteiger partial charge is 0.493 e. The Hall–Kier alpha value is -2.49. The van der Waals surface area contributed by atoms with E-state index in [0.29, 0.717) is 24.6 Å². The third-order valence-corrected chi connectivity index (χ3v) is 3.85. The lowest BCUT2D eigenvalue weighted by atomic mass is 10.1. The van der Waals surface area contributed by atoms with Crippen molar-refractivity contribution in [3.05, 3.63) is 54.1 Å². The van der Waals surface area contributed by atoms with Gasteiger partial charge in [-0.2, -0.15) is 0 Å². The van der Waals surface area contributed by atoms with Crippen LogP contribution in [0.1, 0.15) is 31.1 Å². The van der Waals surface area contributed by atoms with Crippen LogP contribution in [-0.2, 0) is 0 Å². The molecule has 4 heteroatoms. The molecule has 0 saturated carbocycles. The van der Waals surface area contributed by atoms with E-state index in [2.05, 4.69) is 13.8 Å². The first kappa shape index (κ1) is 16.4. The summed E-state index contributed by atoms with van der Waals surface area (Å²) in [4.78, 5) is 14.7. The van der Waals surface area contributed by atoms with Crippen molar-refractivity contribution >= 4 is 11.6 Å². The first-order valence-electron chi connectivity index (χ1n) is 8.35. The van der Waals surface area contributed by atoms with Crippen molar-refractivity contribution in [3.8, 4) is 11.5 Å². The van der Waals surface area contributed by atoms with Crippen molar-refractivity contribution in [2.24, 2.45) is 5.92 Å². The van der Waals surface area contributed by atoms with Gasteiger partial charge in [-0.3, -0.25) is 4.79 Å². The Bertz CT molecular complexity index is 709. The van der Waals surface area contributed by atoms with Crippen molar-refractivity contribution in [3.63, 3.8) is 0 Å². The molecule has 0 N–H and O–H groups in total. The van der Waals surface area contributed by atoms with Crippen molar-refractivity contribution in [2.45, 2.75) is 26.9 Å². The monoisotopic (exact) mass is 325 g/mol. The van der Waals surface area contributed by atoms with E-state index in [1.165, 1.54) is 0 Å². The quantitative estimate of drug-likeness (QED) is 0.847. The van der Waals surface area contributed by atoms with Gasteiger partial charge in [0.1, 0.15) is 17.6 Å². The highest BCUT2D eigenvalue weighted by Gasteiger charge is 2.27. The summed E-state index contributed by atoms with van der Waals surface area (Å²) >= 11 is 0. The number of carbonyl (C=O) groups excluding carboxylic acids is 1. The van der Waals surface area contributed by atoms with E-state index in [1.54, 1.807) is 4.90 Å². The molecule has 0 radical (unpaired) electrons.